The average molecular weight is 334 g/mol. The Bertz CT molecular complexity index is 407. The first kappa shape index (κ1) is 15.5. The van der Waals surface area contributed by atoms with Crippen molar-refractivity contribution in [3.05, 3.63) is 34.1 Å². The summed E-state index contributed by atoms with van der Waals surface area (Å²) in [7, 11) is 1.73. The number of thioether (sulfide) groups is 1. The largest absolute Gasteiger partial charge is 0.338 e. The Balaban J connectivity index is 2.99. The number of hydrogen-bond donors (Lipinski definition) is 0. The number of carbonyl (C=O) groups is 1. The molecule has 0 aliphatic heterocycles. The van der Waals surface area contributed by atoms with Gasteiger partial charge in [-0.3, -0.25) is 4.79 Å². The van der Waals surface area contributed by atoms with Crippen LogP contribution in [0.25, 0.3) is 0 Å². The first-order valence-corrected chi connectivity index (χ1v) is 7.91. The lowest BCUT2D eigenvalue weighted by atomic mass is 10.1. The summed E-state index contributed by atoms with van der Waals surface area (Å²) in [6.07, 6.45) is 2.86. The lowest BCUT2D eigenvalue weighted by Gasteiger charge is -2.27. The second-order valence-corrected chi connectivity index (χ2v) is 5.80. The van der Waals surface area contributed by atoms with Crippen LogP contribution in [0.1, 0.15) is 23.7 Å². The zero-order valence-electron chi connectivity index (χ0n) is 10.7. The van der Waals surface area contributed by atoms with E-state index in [1.165, 1.54) is 6.07 Å². The Labute approximate surface area is 120 Å². The van der Waals surface area contributed by atoms with Crippen LogP contribution in [0.5, 0.6) is 0 Å². The highest BCUT2D eigenvalue weighted by molar-refractivity contribution is 9.10. The summed E-state index contributed by atoms with van der Waals surface area (Å²) in [5, 5.41) is 0. The summed E-state index contributed by atoms with van der Waals surface area (Å²) in [6, 6.07) is 4.69. The molecule has 0 aliphatic rings. The van der Waals surface area contributed by atoms with Gasteiger partial charge in [-0.25, -0.2) is 4.39 Å². The smallest absolute Gasteiger partial charge is 0.258 e. The van der Waals surface area contributed by atoms with Gasteiger partial charge in [-0.05, 0) is 40.7 Å². The van der Waals surface area contributed by atoms with E-state index in [1.807, 2.05) is 13.2 Å². The Hall–Kier alpha value is -0.550. The number of carbonyl (C=O) groups excluding carboxylic acids is 1. The summed E-state index contributed by atoms with van der Waals surface area (Å²) in [5.41, 5.74) is 0.111. The van der Waals surface area contributed by atoms with Crippen molar-refractivity contribution in [3.63, 3.8) is 0 Å². The fourth-order valence-corrected chi connectivity index (χ4v) is 3.10. The minimum atomic E-state index is -0.486. The molecule has 0 fully saturated rings. The Morgan fingerprint density at radius 2 is 2.22 bits per heavy atom. The van der Waals surface area contributed by atoms with Gasteiger partial charge in [-0.2, -0.15) is 11.8 Å². The molecule has 0 saturated carbocycles. The van der Waals surface area contributed by atoms with Gasteiger partial charge in [0.15, 0.2) is 0 Å². The third-order valence-corrected chi connectivity index (χ3v) is 4.25. The van der Waals surface area contributed by atoms with Crippen LogP contribution in [0.2, 0.25) is 0 Å². The van der Waals surface area contributed by atoms with Crippen LogP contribution >= 0.6 is 27.7 Å². The quantitative estimate of drug-likeness (QED) is 0.816. The molecule has 100 valence electrons. The zero-order valence-corrected chi connectivity index (χ0v) is 13.1. The van der Waals surface area contributed by atoms with Crippen LogP contribution in [0.4, 0.5) is 4.39 Å². The number of rotatable bonds is 5. The third-order valence-electron chi connectivity index (χ3n) is 2.87. The maximum Gasteiger partial charge on any atom is 0.258 e. The lowest BCUT2D eigenvalue weighted by molar-refractivity contribution is 0.0738. The highest BCUT2D eigenvalue weighted by Gasteiger charge is 2.23. The molecule has 0 heterocycles. The van der Waals surface area contributed by atoms with Crippen molar-refractivity contribution in [1.82, 2.24) is 4.90 Å². The molecular weight excluding hydrogens is 317 g/mol. The van der Waals surface area contributed by atoms with Gasteiger partial charge < -0.3 is 4.90 Å². The van der Waals surface area contributed by atoms with E-state index < -0.39 is 5.82 Å². The molecule has 1 aromatic carbocycles. The van der Waals surface area contributed by atoms with E-state index in [0.29, 0.717) is 4.47 Å². The molecule has 0 spiro atoms. The van der Waals surface area contributed by atoms with Crippen LogP contribution in [-0.4, -0.2) is 35.9 Å². The maximum absolute atomic E-state index is 13.7. The summed E-state index contributed by atoms with van der Waals surface area (Å²) in [6.45, 7) is 2.03. The number of benzene rings is 1. The molecule has 1 atom stereocenters. The first-order chi connectivity index (χ1) is 8.52. The summed E-state index contributed by atoms with van der Waals surface area (Å²) in [4.78, 5) is 13.9. The normalized spacial score (nSPS) is 12.3. The van der Waals surface area contributed by atoms with Gasteiger partial charge in [0.05, 0.1) is 5.56 Å². The predicted molar refractivity (Wildman–Crippen MR) is 78.7 cm³/mol. The maximum atomic E-state index is 13.7. The number of hydrogen-bond acceptors (Lipinski definition) is 2. The van der Waals surface area contributed by atoms with Crippen molar-refractivity contribution in [2.24, 2.45) is 0 Å². The van der Waals surface area contributed by atoms with Crippen LogP contribution in [-0.2, 0) is 0 Å². The van der Waals surface area contributed by atoms with E-state index in [0.717, 1.165) is 12.2 Å². The average Bonchev–Trinajstić information content (AvgIpc) is 2.34. The highest BCUT2D eigenvalue weighted by Crippen LogP contribution is 2.22. The fraction of sp³-hybridized carbons (Fsp3) is 0.462. The van der Waals surface area contributed by atoms with Crippen molar-refractivity contribution in [1.29, 1.82) is 0 Å². The molecule has 0 bridgehead atoms. The molecule has 0 aliphatic carbocycles. The lowest BCUT2D eigenvalue weighted by Crippen LogP contribution is -2.38. The van der Waals surface area contributed by atoms with Crippen molar-refractivity contribution in [3.8, 4) is 0 Å². The Morgan fingerprint density at radius 1 is 1.56 bits per heavy atom. The molecule has 5 heteroatoms. The summed E-state index contributed by atoms with van der Waals surface area (Å²) < 4.78 is 14.2. The number of nitrogens with zero attached hydrogens (tertiary/aromatic N) is 1. The monoisotopic (exact) mass is 333 g/mol. The zero-order chi connectivity index (χ0) is 13.7. The molecule has 2 nitrogen and oxygen atoms in total. The SMILES string of the molecule is CCC(CSC)N(C)C(=O)c1c(F)cccc1Br. The van der Waals surface area contributed by atoms with Crippen molar-refractivity contribution in [2.45, 2.75) is 19.4 Å². The van der Waals surface area contributed by atoms with Gasteiger partial charge in [-0.1, -0.05) is 13.0 Å². The van der Waals surface area contributed by atoms with E-state index in [-0.39, 0.29) is 17.5 Å². The number of halogens is 2. The van der Waals surface area contributed by atoms with Crippen LogP contribution in [0.3, 0.4) is 0 Å². The van der Waals surface area contributed by atoms with E-state index in [4.69, 9.17) is 0 Å². The topological polar surface area (TPSA) is 20.3 Å². The molecular formula is C13H17BrFNOS. The summed E-state index contributed by atoms with van der Waals surface area (Å²) in [5.74, 6) is 0.0891. The minimum Gasteiger partial charge on any atom is -0.338 e. The van der Waals surface area contributed by atoms with E-state index in [2.05, 4.69) is 15.9 Å². The van der Waals surface area contributed by atoms with Crippen LogP contribution in [0.15, 0.2) is 22.7 Å². The predicted octanol–water partition coefficient (Wildman–Crippen LogP) is 3.80. The number of amides is 1. The van der Waals surface area contributed by atoms with Crippen molar-refractivity contribution >= 4 is 33.6 Å². The second kappa shape index (κ2) is 7.14. The molecule has 1 aromatic rings. The second-order valence-electron chi connectivity index (χ2n) is 4.03. The van der Waals surface area contributed by atoms with Crippen LogP contribution < -0.4 is 0 Å². The van der Waals surface area contributed by atoms with Gasteiger partial charge in [0.1, 0.15) is 5.82 Å². The third kappa shape index (κ3) is 3.48. The molecule has 0 aromatic heterocycles. The van der Waals surface area contributed by atoms with Crippen LogP contribution in [0, 0.1) is 5.82 Å². The Morgan fingerprint density at radius 3 is 2.72 bits per heavy atom. The van der Waals surface area contributed by atoms with E-state index >= 15 is 0 Å². The molecule has 0 saturated heterocycles. The standard InChI is InChI=1S/C13H17BrFNOS/c1-4-9(8-18-3)16(2)13(17)12-10(14)6-5-7-11(12)15/h5-7,9H,4,8H2,1-3H3. The van der Waals surface area contributed by atoms with Crippen molar-refractivity contribution < 1.29 is 9.18 Å². The van der Waals surface area contributed by atoms with Gasteiger partial charge in [-0.15, -0.1) is 0 Å². The fourth-order valence-electron chi connectivity index (χ4n) is 1.74. The van der Waals surface area contributed by atoms with Gasteiger partial charge in [0.25, 0.3) is 5.91 Å². The minimum absolute atomic E-state index is 0.111. The van der Waals surface area contributed by atoms with Gasteiger partial charge in [0.2, 0.25) is 0 Å². The first-order valence-electron chi connectivity index (χ1n) is 5.73. The molecule has 0 N–H and O–H groups in total. The molecule has 18 heavy (non-hydrogen) atoms. The van der Waals surface area contributed by atoms with Crippen molar-refractivity contribution in [2.75, 3.05) is 19.1 Å². The molecule has 1 amide bonds. The molecule has 1 rings (SSSR count). The van der Waals surface area contributed by atoms with E-state index in [1.54, 1.807) is 35.8 Å². The Kier molecular flexibility index (Phi) is 6.15. The molecule has 1 unspecified atom stereocenters. The summed E-state index contributed by atoms with van der Waals surface area (Å²) >= 11 is 4.92. The highest BCUT2D eigenvalue weighted by atomic mass is 79.9. The van der Waals surface area contributed by atoms with Gasteiger partial charge >= 0.3 is 0 Å². The molecule has 0 radical (unpaired) electrons. The van der Waals surface area contributed by atoms with E-state index in [9.17, 15) is 9.18 Å². The van der Waals surface area contributed by atoms with Gasteiger partial charge in [0, 0.05) is 23.3 Å².